The fraction of sp³-hybridized carbons (Fsp3) is 0.538. The third-order valence-corrected chi connectivity index (χ3v) is 3.43. The molecule has 0 N–H and O–H groups in total. The van der Waals surface area contributed by atoms with Crippen molar-refractivity contribution in [2.45, 2.75) is 32.8 Å². The van der Waals surface area contributed by atoms with Gasteiger partial charge in [0.25, 0.3) is 0 Å². The van der Waals surface area contributed by atoms with Crippen LogP contribution >= 0.6 is 0 Å². The molecule has 1 heterocycles. The van der Waals surface area contributed by atoms with Crippen molar-refractivity contribution >= 4 is 0 Å². The Morgan fingerprint density at radius 1 is 1.29 bits per heavy atom. The summed E-state index contributed by atoms with van der Waals surface area (Å²) in [5.41, 5.74) is 2.74. The predicted molar refractivity (Wildman–Crippen MR) is 58.3 cm³/mol. The van der Waals surface area contributed by atoms with Crippen LogP contribution in [0.5, 0.6) is 0 Å². The summed E-state index contributed by atoms with van der Waals surface area (Å²) in [6, 6.07) is 8.64. The molecule has 1 nitrogen and oxygen atoms in total. The summed E-state index contributed by atoms with van der Waals surface area (Å²) in [6.45, 7) is 7.51. The van der Waals surface area contributed by atoms with Crippen LogP contribution in [-0.2, 0) is 16.8 Å². The van der Waals surface area contributed by atoms with Gasteiger partial charge in [-0.25, -0.2) is 0 Å². The van der Waals surface area contributed by atoms with Crippen molar-refractivity contribution in [1.29, 1.82) is 0 Å². The highest BCUT2D eigenvalue weighted by atomic mass is 16.5. The number of benzene rings is 1. The Hall–Kier alpha value is -0.820. The monoisotopic (exact) mass is 190 g/mol. The van der Waals surface area contributed by atoms with Crippen LogP contribution in [-0.4, -0.2) is 6.61 Å². The molecule has 14 heavy (non-hydrogen) atoms. The second-order valence-corrected chi connectivity index (χ2v) is 4.52. The Balaban J connectivity index is 2.50. The molecule has 0 spiro atoms. The summed E-state index contributed by atoms with van der Waals surface area (Å²) in [4.78, 5) is 0. The Kier molecular flexibility index (Phi) is 2.36. The number of fused-ring (bicyclic) bond motifs is 1. The molecular formula is C13H18O. The maximum absolute atomic E-state index is 5.95. The van der Waals surface area contributed by atoms with Crippen molar-refractivity contribution in [3.05, 3.63) is 35.4 Å². The van der Waals surface area contributed by atoms with Crippen LogP contribution in [0.3, 0.4) is 0 Å². The molecule has 1 aliphatic rings. The third-order valence-electron chi connectivity index (χ3n) is 3.43. The Labute approximate surface area is 86.1 Å². The lowest BCUT2D eigenvalue weighted by Gasteiger charge is -2.39. The number of hydrogen-bond acceptors (Lipinski definition) is 1. The topological polar surface area (TPSA) is 9.23 Å². The molecule has 0 bridgehead atoms. The molecule has 0 saturated carbocycles. The number of hydrogen-bond donors (Lipinski definition) is 0. The highest BCUT2D eigenvalue weighted by Gasteiger charge is 2.35. The van der Waals surface area contributed by atoms with E-state index in [0.717, 1.165) is 13.0 Å². The summed E-state index contributed by atoms with van der Waals surface area (Å²) in [5.74, 6) is 0.518. The van der Waals surface area contributed by atoms with Gasteiger partial charge in [0.2, 0.25) is 0 Å². The minimum atomic E-state index is -0.0884. The van der Waals surface area contributed by atoms with Gasteiger partial charge >= 0.3 is 0 Å². The fourth-order valence-electron chi connectivity index (χ4n) is 2.15. The molecular weight excluding hydrogens is 172 g/mol. The van der Waals surface area contributed by atoms with Crippen LogP contribution in [0.4, 0.5) is 0 Å². The minimum absolute atomic E-state index is 0.0884. The smallest absolute Gasteiger partial charge is 0.0928 e. The van der Waals surface area contributed by atoms with Crippen molar-refractivity contribution in [2.75, 3.05) is 6.61 Å². The summed E-state index contributed by atoms with van der Waals surface area (Å²) < 4.78 is 5.95. The first-order valence-electron chi connectivity index (χ1n) is 5.37. The molecule has 1 atom stereocenters. The van der Waals surface area contributed by atoms with Crippen molar-refractivity contribution in [2.24, 2.45) is 5.92 Å². The highest BCUT2D eigenvalue weighted by Crippen LogP contribution is 2.38. The van der Waals surface area contributed by atoms with Crippen LogP contribution < -0.4 is 0 Å². The SMILES string of the molecule is CC(C)C1(C)OCCc2ccccc21. The Morgan fingerprint density at radius 3 is 2.71 bits per heavy atom. The first-order chi connectivity index (χ1) is 6.64. The quantitative estimate of drug-likeness (QED) is 0.661. The van der Waals surface area contributed by atoms with E-state index in [2.05, 4.69) is 45.0 Å². The van der Waals surface area contributed by atoms with E-state index in [1.807, 2.05) is 0 Å². The van der Waals surface area contributed by atoms with E-state index in [1.54, 1.807) is 0 Å². The zero-order valence-electron chi connectivity index (χ0n) is 9.21. The van der Waals surface area contributed by atoms with E-state index in [-0.39, 0.29) is 5.60 Å². The molecule has 0 aromatic heterocycles. The molecule has 1 aliphatic heterocycles. The number of rotatable bonds is 1. The molecule has 0 saturated heterocycles. The molecule has 0 aliphatic carbocycles. The van der Waals surface area contributed by atoms with Gasteiger partial charge in [-0.2, -0.15) is 0 Å². The lowest BCUT2D eigenvalue weighted by atomic mass is 9.80. The van der Waals surface area contributed by atoms with Gasteiger partial charge in [0, 0.05) is 0 Å². The lowest BCUT2D eigenvalue weighted by Crippen LogP contribution is -2.37. The van der Waals surface area contributed by atoms with Gasteiger partial charge in [0.15, 0.2) is 0 Å². The Bertz CT molecular complexity index is 330. The van der Waals surface area contributed by atoms with Crippen LogP contribution in [0.25, 0.3) is 0 Å². The van der Waals surface area contributed by atoms with Gasteiger partial charge in [0.05, 0.1) is 12.2 Å². The average molecular weight is 190 g/mol. The summed E-state index contributed by atoms with van der Waals surface area (Å²) in [5, 5.41) is 0. The largest absolute Gasteiger partial charge is 0.370 e. The third kappa shape index (κ3) is 1.36. The number of ether oxygens (including phenoxy) is 1. The van der Waals surface area contributed by atoms with Gasteiger partial charge in [-0.3, -0.25) is 0 Å². The van der Waals surface area contributed by atoms with Gasteiger partial charge < -0.3 is 4.74 Å². The second kappa shape index (κ2) is 3.39. The fourth-order valence-corrected chi connectivity index (χ4v) is 2.15. The maximum Gasteiger partial charge on any atom is 0.0928 e. The summed E-state index contributed by atoms with van der Waals surface area (Å²) >= 11 is 0. The second-order valence-electron chi connectivity index (χ2n) is 4.52. The first-order valence-corrected chi connectivity index (χ1v) is 5.37. The van der Waals surface area contributed by atoms with Crippen molar-refractivity contribution < 1.29 is 4.74 Å². The van der Waals surface area contributed by atoms with Crippen LogP contribution in [0, 0.1) is 5.92 Å². The Morgan fingerprint density at radius 2 is 2.00 bits per heavy atom. The minimum Gasteiger partial charge on any atom is -0.370 e. The molecule has 1 aromatic rings. The zero-order valence-corrected chi connectivity index (χ0v) is 9.21. The van der Waals surface area contributed by atoms with Crippen molar-refractivity contribution in [3.63, 3.8) is 0 Å². The molecule has 1 heteroatoms. The maximum atomic E-state index is 5.95. The van der Waals surface area contributed by atoms with Gasteiger partial charge in [-0.15, -0.1) is 0 Å². The van der Waals surface area contributed by atoms with E-state index in [1.165, 1.54) is 11.1 Å². The van der Waals surface area contributed by atoms with Crippen LogP contribution in [0.15, 0.2) is 24.3 Å². The van der Waals surface area contributed by atoms with Gasteiger partial charge in [-0.05, 0) is 30.4 Å². The molecule has 1 aromatic carbocycles. The molecule has 76 valence electrons. The van der Waals surface area contributed by atoms with Crippen LogP contribution in [0.1, 0.15) is 31.9 Å². The summed E-state index contributed by atoms with van der Waals surface area (Å²) in [6.07, 6.45) is 1.05. The van der Waals surface area contributed by atoms with E-state index >= 15 is 0 Å². The molecule has 0 radical (unpaired) electrons. The summed E-state index contributed by atoms with van der Waals surface area (Å²) in [7, 11) is 0. The highest BCUT2D eigenvalue weighted by molar-refractivity contribution is 5.34. The van der Waals surface area contributed by atoms with Crippen molar-refractivity contribution in [1.82, 2.24) is 0 Å². The van der Waals surface area contributed by atoms with E-state index in [4.69, 9.17) is 4.74 Å². The van der Waals surface area contributed by atoms with E-state index in [0.29, 0.717) is 5.92 Å². The van der Waals surface area contributed by atoms with E-state index < -0.39 is 0 Å². The molecule has 1 unspecified atom stereocenters. The standard InChI is InChI=1S/C13H18O/c1-10(2)13(3)12-7-5-4-6-11(12)8-9-14-13/h4-7,10H,8-9H2,1-3H3. The predicted octanol–water partition coefficient (Wildman–Crippen LogP) is 3.13. The average Bonchev–Trinajstić information content (AvgIpc) is 2.18. The molecule has 2 rings (SSSR count). The first kappa shape index (κ1) is 9.72. The molecule has 0 fully saturated rings. The van der Waals surface area contributed by atoms with Gasteiger partial charge in [-0.1, -0.05) is 38.1 Å². The van der Waals surface area contributed by atoms with Crippen LogP contribution in [0.2, 0.25) is 0 Å². The normalized spacial score (nSPS) is 26.3. The lowest BCUT2D eigenvalue weighted by molar-refractivity contribution is -0.0792. The van der Waals surface area contributed by atoms with Gasteiger partial charge in [0.1, 0.15) is 0 Å². The van der Waals surface area contributed by atoms with Crippen molar-refractivity contribution in [3.8, 4) is 0 Å². The van der Waals surface area contributed by atoms with E-state index in [9.17, 15) is 0 Å². The molecule has 0 amide bonds. The zero-order chi connectivity index (χ0) is 10.2.